The van der Waals surface area contributed by atoms with Gasteiger partial charge in [0, 0.05) is 12.3 Å². The van der Waals surface area contributed by atoms with Crippen LogP contribution in [-0.2, 0) is 0 Å². The Morgan fingerprint density at radius 2 is 2.00 bits per heavy atom. The summed E-state index contributed by atoms with van der Waals surface area (Å²) in [5, 5.41) is 23.7. The van der Waals surface area contributed by atoms with Crippen LogP contribution >= 0.6 is 0 Å². The lowest BCUT2D eigenvalue weighted by atomic mass is 10.2. The van der Waals surface area contributed by atoms with Crippen LogP contribution in [0.25, 0.3) is 6.08 Å². The molecule has 0 aliphatic rings. The van der Waals surface area contributed by atoms with Crippen molar-refractivity contribution in [3.63, 3.8) is 0 Å². The summed E-state index contributed by atoms with van der Waals surface area (Å²) < 4.78 is 0. The van der Waals surface area contributed by atoms with Crippen LogP contribution in [-0.4, -0.2) is 22.2 Å². The van der Waals surface area contributed by atoms with Crippen LogP contribution in [0.1, 0.15) is 15.9 Å². The fourth-order valence-corrected chi connectivity index (χ4v) is 1.82. The number of carbonyl (C=O) groups is 1. The van der Waals surface area contributed by atoms with Crippen molar-refractivity contribution in [1.29, 1.82) is 0 Å². The molecule has 7 heteroatoms. The molecule has 0 unspecified atom stereocenters. The second-order valence-corrected chi connectivity index (χ2v) is 4.45. The van der Waals surface area contributed by atoms with Gasteiger partial charge in [0.15, 0.2) is 0 Å². The van der Waals surface area contributed by atoms with Crippen molar-refractivity contribution < 1.29 is 14.8 Å². The maximum absolute atomic E-state index is 10.9. The Morgan fingerprint density at radius 1 is 1.22 bits per heavy atom. The fourth-order valence-electron chi connectivity index (χ4n) is 1.82. The Labute approximate surface area is 131 Å². The maximum atomic E-state index is 10.9. The Bertz CT molecular complexity index is 784. The number of carboxylic acids is 1. The predicted molar refractivity (Wildman–Crippen MR) is 87.6 cm³/mol. The van der Waals surface area contributed by atoms with E-state index < -0.39 is 10.9 Å². The number of nitro groups is 1. The van der Waals surface area contributed by atoms with Crippen LogP contribution in [0, 0.1) is 10.1 Å². The Morgan fingerprint density at radius 3 is 2.74 bits per heavy atom. The van der Waals surface area contributed by atoms with Crippen molar-refractivity contribution in [3.05, 3.63) is 75.8 Å². The van der Waals surface area contributed by atoms with Gasteiger partial charge in [-0.05, 0) is 36.4 Å². The lowest BCUT2D eigenvalue weighted by Crippen LogP contribution is -1.97. The van der Waals surface area contributed by atoms with E-state index in [9.17, 15) is 14.9 Å². The number of para-hydroxylation sites is 1. The monoisotopic (exact) mass is 311 g/mol. The molecule has 0 saturated heterocycles. The molecule has 2 rings (SSSR count). The molecule has 0 heterocycles. The van der Waals surface area contributed by atoms with Crippen molar-refractivity contribution in [3.8, 4) is 0 Å². The number of carboxylic acid groups (broad SMARTS) is 1. The summed E-state index contributed by atoms with van der Waals surface area (Å²) in [6, 6.07) is 12.6. The molecule has 2 N–H and O–H groups in total. The zero-order valence-electron chi connectivity index (χ0n) is 11.9. The van der Waals surface area contributed by atoms with Gasteiger partial charge < -0.3 is 5.11 Å². The van der Waals surface area contributed by atoms with E-state index in [0.29, 0.717) is 11.3 Å². The van der Waals surface area contributed by atoms with Gasteiger partial charge in [-0.3, -0.25) is 15.5 Å². The van der Waals surface area contributed by atoms with Crippen LogP contribution in [0.4, 0.5) is 11.4 Å². The van der Waals surface area contributed by atoms with Gasteiger partial charge in [-0.25, -0.2) is 4.79 Å². The molecular weight excluding hydrogens is 298 g/mol. The van der Waals surface area contributed by atoms with Crippen molar-refractivity contribution in [2.75, 3.05) is 5.43 Å². The van der Waals surface area contributed by atoms with E-state index in [4.69, 9.17) is 5.11 Å². The number of allylic oxidation sites excluding steroid dienone is 1. The molecule has 0 aliphatic carbocycles. The van der Waals surface area contributed by atoms with Gasteiger partial charge in [0.25, 0.3) is 5.69 Å². The van der Waals surface area contributed by atoms with Gasteiger partial charge in [0.05, 0.1) is 21.7 Å². The number of nitro benzene ring substituents is 1. The first-order valence-electron chi connectivity index (χ1n) is 6.60. The number of benzene rings is 2. The highest BCUT2D eigenvalue weighted by Gasteiger charge is 2.08. The SMILES string of the molecule is O=C(O)c1cccc(N/N=C/C=C/c2ccccc2[N+](=O)[O-])c1. The van der Waals surface area contributed by atoms with Gasteiger partial charge >= 0.3 is 5.97 Å². The lowest BCUT2D eigenvalue weighted by molar-refractivity contribution is -0.385. The molecule has 116 valence electrons. The minimum atomic E-state index is -1.02. The number of anilines is 1. The molecule has 2 aromatic carbocycles. The lowest BCUT2D eigenvalue weighted by Gasteiger charge is -2.00. The molecule has 0 bridgehead atoms. The molecule has 0 saturated carbocycles. The number of hydrazone groups is 1. The third-order valence-corrected chi connectivity index (χ3v) is 2.87. The molecule has 0 aliphatic heterocycles. The molecule has 7 nitrogen and oxygen atoms in total. The Kier molecular flexibility index (Phi) is 5.19. The van der Waals surface area contributed by atoms with E-state index in [-0.39, 0.29) is 11.3 Å². The first kappa shape index (κ1) is 15.9. The minimum absolute atomic E-state index is 0.0132. The first-order valence-corrected chi connectivity index (χ1v) is 6.60. The fraction of sp³-hybridized carbons (Fsp3) is 0. The van der Waals surface area contributed by atoms with Crippen LogP contribution < -0.4 is 5.43 Å². The smallest absolute Gasteiger partial charge is 0.335 e. The predicted octanol–water partition coefficient (Wildman–Crippen LogP) is 3.40. The summed E-state index contributed by atoms with van der Waals surface area (Å²) in [5.41, 5.74) is 3.85. The molecule has 0 radical (unpaired) electrons. The number of hydrogen-bond donors (Lipinski definition) is 2. The van der Waals surface area contributed by atoms with Crippen molar-refractivity contribution in [2.45, 2.75) is 0 Å². The summed E-state index contributed by atoms with van der Waals surface area (Å²) in [6.45, 7) is 0. The van der Waals surface area contributed by atoms with Crippen LogP contribution in [0.2, 0.25) is 0 Å². The average molecular weight is 311 g/mol. The summed E-state index contributed by atoms with van der Waals surface area (Å²) >= 11 is 0. The van der Waals surface area contributed by atoms with Gasteiger partial charge in [0.1, 0.15) is 0 Å². The maximum Gasteiger partial charge on any atom is 0.335 e. The van der Waals surface area contributed by atoms with Crippen LogP contribution in [0.5, 0.6) is 0 Å². The molecule has 0 amide bonds. The first-order chi connectivity index (χ1) is 11.1. The standard InChI is InChI=1S/C16H13N3O4/c20-16(21)13-6-3-8-14(11-13)18-17-10-4-7-12-5-1-2-9-15(12)19(22)23/h1-11,18H,(H,20,21)/b7-4+,17-10+. The van der Waals surface area contributed by atoms with Gasteiger partial charge in [0.2, 0.25) is 0 Å². The molecular formula is C16H13N3O4. The summed E-state index contributed by atoms with van der Waals surface area (Å²) in [4.78, 5) is 21.2. The largest absolute Gasteiger partial charge is 0.478 e. The summed E-state index contributed by atoms with van der Waals surface area (Å²) in [5.74, 6) is -1.02. The minimum Gasteiger partial charge on any atom is -0.478 e. The van der Waals surface area contributed by atoms with Gasteiger partial charge in [-0.2, -0.15) is 5.10 Å². The summed E-state index contributed by atoms with van der Waals surface area (Å²) in [7, 11) is 0. The molecule has 0 aromatic heterocycles. The zero-order chi connectivity index (χ0) is 16.7. The topological polar surface area (TPSA) is 105 Å². The highest BCUT2D eigenvalue weighted by Crippen LogP contribution is 2.18. The normalized spacial score (nSPS) is 11.0. The number of aromatic carboxylic acids is 1. The Balaban J connectivity index is 2.01. The zero-order valence-corrected chi connectivity index (χ0v) is 11.9. The molecule has 0 fully saturated rings. The van der Waals surface area contributed by atoms with E-state index in [1.54, 1.807) is 42.5 Å². The molecule has 2 aromatic rings. The number of nitrogens with one attached hydrogen (secondary N) is 1. The van der Waals surface area contributed by atoms with E-state index in [1.807, 2.05) is 0 Å². The third kappa shape index (κ3) is 4.50. The van der Waals surface area contributed by atoms with E-state index in [2.05, 4.69) is 10.5 Å². The van der Waals surface area contributed by atoms with E-state index in [0.717, 1.165) is 0 Å². The van der Waals surface area contributed by atoms with Crippen molar-refractivity contribution >= 4 is 29.6 Å². The third-order valence-electron chi connectivity index (χ3n) is 2.87. The highest BCUT2D eigenvalue weighted by molar-refractivity contribution is 5.88. The van der Waals surface area contributed by atoms with Crippen molar-refractivity contribution in [2.24, 2.45) is 5.10 Å². The van der Waals surface area contributed by atoms with E-state index >= 15 is 0 Å². The Hall–Kier alpha value is -3.48. The number of hydrogen-bond acceptors (Lipinski definition) is 5. The quantitative estimate of drug-likeness (QED) is 0.483. The van der Waals surface area contributed by atoms with Gasteiger partial charge in [-0.15, -0.1) is 0 Å². The van der Waals surface area contributed by atoms with Crippen LogP contribution in [0.15, 0.2) is 59.7 Å². The second kappa shape index (κ2) is 7.51. The molecule has 23 heavy (non-hydrogen) atoms. The highest BCUT2D eigenvalue weighted by atomic mass is 16.6. The average Bonchev–Trinajstić information content (AvgIpc) is 2.55. The summed E-state index contributed by atoms with van der Waals surface area (Å²) in [6.07, 6.45) is 4.54. The van der Waals surface area contributed by atoms with Crippen LogP contribution in [0.3, 0.4) is 0 Å². The second-order valence-electron chi connectivity index (χ2n) is 4.45. The number of nitrogens with zero attached hydrogens (tertiary/aromatic N) is 2. The van der Waals surface area contributed by atoms with E-state index in [1.165, 1.54) is 24.4 Å². The van der Waals surface area contributed by atoms with Gasteiger partial charge in [-0.1, -0.05) is 18.2 Å². The molecule has 0 spiro atoms. The molecule has 0 atom stereocenters. The number of rotatable bonds is 6. The van der Waals surface area contributed by atoms with Crippen molar-refractivity contribution in [1.82, 2.24) is 0 Å².